The second kappa shape index (κ2) is 3.82. The molecule has 1 rings (SSSR count). The summed E-state index contributed by atoms with van der Waals surface area (Å²) in [7, 11) is 1.50. The van der Waals surface area contributed by atoms with E-state index in [0.29, 0.717) is 6.61 Å². The first kappa shape index (κ1) is 10.1. The Hall–Kier alpha value is 0.0169. The van der Waals surface area contributed by atoms with Gasteiger partial charge >= 0.3 is 8.80 Å². The zero-order chi connectivity index (χ0) is 9.19. The molecule has 1 aliphatic heterocycles. The van der Waals surface area contributed by atoms with Crippen LogP contribution >= 0.6 is 0 Å². The van der Waals surface area contributed by atoms with Crippen molar-refractivity contribution in [3.8, 4) is 0 Å². The molecule has 72 valence electrons. The Kier molecular flexibility index (Phi) is 3.21. The maximum absolute atomic E-state index is 9.66. The highest BCUT2D eigenvalue weighted by Crippen LogP contribution is 2.23. The molecule has 1 fully saturated rings. The summed E-state index contributed by atoms with van der Waals surface area (Å²) in [6, 6.07) is 0. The van der Waals surface area contributed by atoms with Crippen LogP contribution in [0.3, 0.4) is 0 Å². The molecule has 0 aromatic carbocycles. The van der Waals surface area contributed by atoms with Gasteiger partial charge in [0.1, 0.15) is 6.10 Å². The van der Waals surface area contributed by atoms with Crippen LogP contribution in [0.25, 0.3) is 0 Å². The summed E-state index contributed by atoms with van der Waals surface area (Å²) >= 11 is 0. The molecule has 1 heterocycles. The largest absolute Gasteiger partial charge is 0.533 e. The Morgan fingerprint density at radius 2 is 1.75 bits per heavy atom. The summed E-state index contributed by atoms with van der Waals surface area (Å²) in [6.07, 6.45) is -0.184. The Balaban J connectivity index is 2.60. The van der Waals surface area contributed by atoms with Gasteiger partial charge in [-0.2, -0.15) is 0 Å². The molecule has 12 heavy (non-hydrogen) atoms. The minimum atomic E-state index is -2.89. The number of rotatable bonds is 5. The van der Waals surface area contributed by atoms with Gasteiger partial charge in [0.05, 0.1) is 6.61 Å². The molecule has 0 aliphatic carbocycles. The van der Waals surface area contributed by atoms with Crippen molar-refractivity contribution in [2.75, 3.05) is 27.9 Å². The van der Waals surface area contributed by atoms with Gasteiger partial charge in [0, 0.05) is 21.3 Å². The van der Waals surface area contributed by atoms with Gasteiger partial charge in [-0.1, -0.05) is 0 Å². The summed E-state index contributed by atoms with van der Waals surface area (Å²) in [5.74, 6) is 0. The SMILES string of the molecule is CO[Si](OC)(OC)C(O)C1CO1. The maximum Gasteiger partial charge on any atom is 0.533 e. The molecule has 0 aromatic heterocycles. The van der Waals surface area contributed by atoms with E-state index >= 15 is 0 Å². The average molecular weight is 194 g/mol. The fraction of sp³-hybridized carbons (Fsp3) is 1.00. The first-order valence-electron chi connectivity index (χ1n) is 3.65. The van der Waals surface area contributed by atoms with Crippen molar-refractivity contribution in [1.82, 2.24) is 0 Å². The minimum Gasteiger partial charge on any atom is -0.386 e. The summed E-state index contributed by atoms with van der Waals surface area (Å²) in [5.41, 5.74) is -0.780. The highest BCUT2D eigenvalue weighted by molar-refractivity contribution is 6.62. The fourth-order valence-electron chi connectivity index (χ4n) is 1.08. The number of ether oxygens (including phenoxy) is 1. The smallest absolute Gasteiger partial charge is 0.386 e. The van der Waals surface area contributed by atoms with Crippen molar-refractivity contribution in [2.45, 2.75) is 11.8 Å². The molecule has 0 bridgehead atoms. The second-order valence-electron chi connectivity index (χ2n) is 2.53. The lowest BCUT2D eigenvalue weighted by Crippen LogP contribution is -2.56. The molecule has 5 nitrogen and oxygen atoms in total. The van der Waals surface area contributed by atoms with Crippen LogP contribution in [-0.4, -0.2) is 53.7 Å². The van der Waals surface area contributed by atoms with Crippen molar-refractivity contribution in [3.63, 3.8) is 0 Å². The third-order valence-electron chi connectivity index (χ3n) is 1.93. The third kappa shape index (κ3) is 1.68. The van der Waals surface area contributed by atoms with Gasteiger partial charge < -0.3 is 23.1 Å². The van der Waals surface area contributed by atoms with Gasteiger partial charge in [0.2, 0.25) is 0 Å². The van der Waals surface area contributed by atoms with Crippen LogP contribution in [0, 0.1) is 0 Å². The van der Waals surface area contributed by atoms with Gasteiger partial charge in [-0.25, -0.2) is 0 Å². The predicted molar refractivity (Wildman–Crippen MR) is 42.5 cm³/mol. The number of epoxide rings is 1. The zero-order valence-corrected chi connectivity index (χ0v) is 8.44. The first-order chi connectivity index (χ1) is 5.70. The molecule has 0 aromatic rings. The summed E-state index contributed by atoms with van der Waals surface area (Å²) < 4.78 is 20.1. The van der Waals surface area contributed by atoms with E-state index in [0.717, 1.165) is 0 Å². The molecule has 1 saturated heterocycles. The van der Waals surface area contributed by atoms with Crippen LogP contribution in [0.15, 0.2) is 0 Å². The molecule has 2 unspecified atom stereocenters. The van der Waals surface area contributed by atoms with Gasteiger partial charge in [-0.3, -0.25) is 0 Å². The van der Waals surface area contributed by atoms with Crippen molar-refractivity contribution in [2.24, 2.45) is 0 Å². The minimum absolute atomic E-state index is 0.184. The van der Waals surface area contributed by atoms with E-state index in [1.165, 1.54) is 21.3 Å². The molecule has 1 aliphatic rings. The van der Waals surface area contributed by atoms with Crippen molar-refractivity contribution >= 4 is 8.80 Å². The fourth-order valence-corrected chi connectivity index (χ4v) is 2.95. The predicted octanol–water partition coefficient (Wildman–Crippen LogP) is -0.837. The Bertz CT molecular complexity index is 137. The molecule has 1 N–H and O–H groups in total. The van der Waals surface area contributed by atoms with Crippen LogP contribution in [-0.2, 0) is 18.0 Å². The van der Waals surface area contributed by atoms with Gasteiger partial charge in [-0.15, -0.1) is 0 Å². The van der Waals surface area contributed by atoms with Crippen LogP contribution in [0.4, 0.5) is 0 Å². The van der Waals surface area contributed by atoms with E-state index in [9.17, 15) is 5.11 Å². The lowest BCUT2D eigenvalue weighted by molar-refractivity contribution is 0.0473. The summed E-state index contributed by atoms with van der Waals surface area (Å²) in [4.78, 5) is 0. The van der Waals surface area contributed by atoms with Gasteiger partial charge in [0.15, 0.2) is 5.73 Å². The lowest BCUT2D eigenvalue weighted by atomic mass is 10.5. The van der Waals surface area contributed by atoms with Crippen LogP contribution < -0.4 is 0 Å². The number of hydrogen-bond donors (Lipinski definition) is 1. The lowest BCUT2D eigenvalue weighted by Gasteiger charge is -2.27. The number of hydrogen-bond acceptors (Lipinski definition) is 5. The summed E-state index contributed by atoms with van der Waals surface area (Å²) in [6.45, 7) is 0.548. The number of aliphatic hydroxyl groups excluding tert-OH is 1. The highest BCUT2D eigenvalue weighted by Gasteiger charge is 2.54. The molecule has 0 spiro atoms. The van der Waals surface area contributed by atoms with Crippen molar-refractivity contribution in [3.05, 3.63) is 0 Å². The molecule has 2 atom stereocenters. The third-order valence-corrected chi connectivity index (χ3v) is 4.73. The van der Waals surface area contributed by atoms with E-state index < -0.39 is 14.5 Å². The van der Waals surface area contributed by atoms with E-state index in [1.807, 2.05) is 0 Å². The molecular weight excluding hydrogens is 180 g/mol. The molecule has 0 amide bonds. The highest BCUT2D eigenvalue weighted by atomic mass is 28.4. The van der Waals surface area contributed by atoms with E-state index in [4.69, 9.17) is 18.0 Å². The molecule has 0 radical (unpaired) electrons. The number of aliphatic hydroxyl groups is 1. The van der Waals surface area contributed by atoms with Gasteiger partial charge in [0.25, 0.3) is 0 Å². The Labute approximate surface area is 72.6 Å². The molecule has 0 saturated carbocycles. The quantitative estimate of drug-likeness (QED) is 0.457. The van der Waals surface area contributed by atoms with E-state index in [1.54, 1.807) is 0 Å². The maximum atomic E-state index is 9.66. The first-order valence-corrected chi connectivity index (χ1v) is 5.45. The monoisotopic (exact) mass is 194 g/mol. The van der Waals surface area contributed by atoms with Gasteiger partial charge in [-0.05, 0) is 0 Å². The molecule has 6 heteroatoms. The Morgan fingerprint density at radius 1 is 1.33 bits per heavy atom. The van der Waals surface area contributed by atoms with Crippen LogP contribution in [0.2, 0.25) is 0 Å². The molecular formula is C6H14O5Si. The van der Waals surface area contributed by atoms with E-state index in [-0.39, 0.29) is 6.10 Å². The Morgan fingerprint density at radius 3 is 2.00 bits per heavy atom. The zero-order valence-electron chi connectivity index (χ0n) is 7.44. The topological polar surface area (TPSA) is 60.5 Å². The van der Waals surface area contributed by atoms with Crippen LogP contribution in [0.5, 0.6) is 0 Å². The van der Waals surface area contributed by atoms with Crippen LogP contribution in [0.1, 0.15) is 0 Å². The van der Waals surface area contributed by atoms with Crippen molar-refractivity contribution in [1.29, 1.82) is 0 Å². The summed E-state index contributed by atoms with van der Waals surface area (Å²) in [5, 5.41) is 9.66. The standard InChI is InChI=1S/C6H14O5Si/c1-8-12(9-2,10-3)6(7)5-4-11-5/h5-7H,4H2,1-3H3. The second-order valence-corrected chi connectivity index (χ2v) is 5.56. The average Bonchev–Trinajstić information content (AvgIpc) is 2.91. The van der Waals surface area contributed by atoms with Crippen molar-refractivity contribution < 1.29 is 23.1 Å². The van der Waals surface area contributed by atoms with E-state index in [2.05, 4.69) is 0 Å². The normalized spacial score (nSPS) is 25.5.